The zero-order valence-corrected chi connectivity index (χ0v) is 11.6. The number of nitrogens with two attached hydrogens (primary N) is 1. The largest absolute Gasteiger partial charge is 0.326 e. The second-order valence-electron chi connectivity index (χ2n) is 5.85. The topological polar surface area (TPSA) is 29.3 Å². The van der Waals surface area contributed by atoms with Gasteiger partial charge in [-0.3, -0.25) is 0 Å². The third kappa shape index (κ3) is 2.78. The summed E-state index contributed by atoms with van der Waals surface area (Å²) in [7, 11) is 4.42. The van der Waals surface area contributed by atoms with E-state index in [1.165, 1.54) is 44.9 Å². The standard InChI is InChI=1S/C14H30N2/c1-5-9-12(2)13(15)14(16(3)4)10-7-6-8-11-14/h12-13H,5-11,15H2,1-4H3. The molecule has 2 atom stereocenters. The summed E-state index contributed by atoms with van der Waals surface area (Å²) in [6.45, 7) is 4.58. The highest BCUT2D eigenvalue weighted by Crippen LogP contribution is 2.37. The number of hydrogen-bond donors (Lipinski definition) is 1. The molecule has 0 amide bonds. The van der Waals surface area contributed by atoms with E-state index in [0.29, 0.717) is 12.0 Å². The van der Waals surface area contributed by atoms with Crippen LogP contribution in [0.5, 0.6) is 0 Å². The summed E-state index contributed by atoms with van der Waals surface area (Å²) in [6.07, 6.45) is 9.18. The van der Waals surface area contributed by atoms with E-state index in [0.717, 1.165) is 0 Å². The zero-order chi connectivity index (χ0) is 12.2. The van der Waals surface area contributed by atoms with Gasteiger partial charge in [-0.1, -0.05) is 39.5 Å². The van der Waals surface area contributed by atoms with Crippen molar-refractivity contribution in [3.05, 3.63) is 0 Å². The second-order valence-corrected chi connectivity index (χ2v) is 5.85. The van der Waals surface area contributed by atoms with Gasteiger partial charge in [-0.25, -0.2) is 0 Å². The molecule has 1 saturated carbocycles. The van der Waals surface area contributed by atoms with Gasteiger partial charge in [0.15, 0.2) is 0 Å². The molecule has 0 radical (unpaired) electrons. The molecular weight excluding hydrogens is 196 g/mol. The minimum atomic E-state index is 0.271. The minimum Gasteiger partial charge on any atom is -0.326 e. The van der Waals surface area contributed by atoms with Crippen molar-refractivity contribution in [1.29, 1.82) is 0 Å². The van der Waals surface area contributed by atoms with Gasteiger partial charge in [-0.2, -0.15) is 0 Å². The van der Waals surface area contributed by atoms with Crippen molar-refractivity contribution < 1.29 is 0 Å². The van der Waals surface area contributed by atoms with Crippen LogP contribution in [-0.4, -0.2) is 30.6 Å². The van der Waals surface area contributed by atoms with Crippen molar-refractivity contribution in [3.63, 3.8) is 0 Å². The first-order valence-corrected chi connectivity index (χ1v) is 6.97. The molecule has 0 aromatic carbocycles. The molecule has 0 aromatic rings. The molecule has 0 heterocycles. The quantitative estimate of drug-likeness (QED) is 0.781. The van der Waals surface area contributed by atoms with E-state index in [1.54, 1.807) is 0 Å². The van der Waals surface area contributed by atoms with Gasteiger partial charge in [0.05, 0.1) is 0 Å². The van der Waals surface area contributed by atoms with Crippen LogP contribution in [0.3, 0.4) is 0 Å². The van der Waals surface area contributed by atoms with Crippen LogP contribution in [0.25, 0.3) is 0 Å². The maximum absolute atomic E-state index is 6.57. The monoisotopic (exact) mass is 226 g/mol. The van der Waals surface area contributed by atoms with Crippen LogP contribution < -0.4 is 5.73 Å². The van der Waals surface area contributed by atoms with Crippen LogP contribution in [0.2, 0.25) is 0 Å². The highest BCUT2D eigenvalue weighted by atomic mass is 15.2. The summed E-state index contributed by atoms with van der Waals surface area (Å²) < 4.78 is 0. The fourth-order valence-electron chi connectivity index (χ4n) is 3.41. The molecule has 1 aliphatic carbocycles. The smallest absolute Gasteiger partial charge is 0.0356 e. The Labute approximate surface area is 102 Å². The molecular formula is C14H30N2. The zero-order valence-electron chi connectivity index (χ0n) is 11.6. The van der Waals surface area contributed by atoms with E-state index in [-0.39, 0.29) is 5.54 Å². The SMILES string of the molecule is CCCC(C)C(N)C1(N(C)C)CCCCC1. The Kier molecular flexibility index (Phi) is 5.26. The lowest BCUT2D eigenvalue weighted by molar-refractivity contribution is 0.0503. The Bertz CT molecular complexity index is 195. The number of rotatable bonds is 5. The highest BCUT2D eigenvalue weighted by Gasteiger charge is 2.41. The predicted molar refractivity (Wildman–Crippen MR) is 71.6 cm³/mol. The van der Waals surface area contributed by atoms with Crippen molar-refractivity contribution in [2.45, 2.75) is 70.4 Å². The Morgan fingerprint density at radius 2 is 1.75 bits per heavy atom. The van der Waals surface area contributed by atoms with Crippen LogP contribution in [0.4, 0.5) is 0 Å². The van der Waals surface area contributed by atoms with Gasteiger partial charge in [0, 0.05) is 11.6 Å². The lowest BCUT2D eigenvalue weighted by Gasteiger charge is -2.49. The lowest BCUT2D eigenvalue weighted by atomic mass is 9.71. The summed E-state index contributed by atoms with van der Waals surface area (Å²) in [5.41, 5.74) is 6.84. The summed E-state index contributed by atoms with van der Waals surface area (Å²) in [4.78, 5) is 2.41. The Morgan fingerprint density at radius 3 is 2.19 bits per heavy atom. The van der Waals surface area contributed by atoms with Crippen LogP contribution in [0, 0.1) is 5.92 Å². The normalized spacial score (nSPS) is 24.4. The molecule has 96 valence electrons. The van der Waals surface area contributed by atoms with E-state index in [1.807, 2.05) is 0 Å². The van der Waals surface area contributed by atoms with Crippen LogP contribution in [0.15, 0.2) is 0 Å². The number of hydrogen-bond acceptors (Lipinski definition) is 2. The van der Waals surface area contributed by atoms with E-state index in [4.69, 9.17) is 5.73 Å². The summed E-state index contributed by atoms with van der Waals surface area (Å²) in [6, 6.07) is 0.336. The molecule has 2 heteroatoms. The average Bonchev–Trinajstić information content (AvgIpc) is 2.29. The van der Waals surface area contributed by atoms with Gasteiger partial charge < -0.3 is 10.6 Å². The molecule has 0 aromatic heterocycles. The average molecular weight is 226 g/mol. The van der Waals surface area contributed by atoms with Gasteiger partial charge in [0.1, 0.15) is 0 Å². The third-order valence-electron chi connectivity index (χ3n) is 4.59. The number of likely N-dealkylation sites (N-methyl/N-ethyl adjacent to an activating group) is 1. The van der Waals surface area contributed by atoms with Crippen molar-refractivity contribution in [1.82, 2.24) is 4.90 Å². The first-order valence-electron chi connectivity index (χ1n) is 6.97. The van der Waals surface area contributed by atoms with Gasteiger partial charge >= 0.3 is 0 Å². The van der Waals surface area contributed by atoms with E-state index >= 15 is 0 Å². The fourth-order valence-corrected chi connectivity index (χ4v) is 3.41. The highest BCUT2D eigenvalue weighted by molar-refractivity contribution is 5.00. The van der Waals surface area contributed by atoms with E-state index in [9.17, 15) is 0 Å². The molecule has 1 aliphatic rings. The van der Waals surface area contributed by atoms with Crippen molar-refractivity contribution in [2.75, 3.05) is 14.1 Å². The molecule has 0 aliphatic heterocycles. The molecule has 2 N–H and O–H groups in total. The summed E-state index contributed by atoms with van der Waals surface area (Å²) in [5, 5.41) is 0. The summed E-state index contributed by atoms with van der Waals surface area (Å²) >= 11 is 0. The van der Waals surface area contributed by atoms with Crippen molar-refractivity contribution in [3.8, 4) is 0 Å². The second kappa shape index (κ2) is 6.02. The molecule has 0 saturated heterocycles. The predicted octanol–water partition coefficient (Wildman–Crippen LogP) is 3.01. The molecule has 0 bridgehead atoms. The van der Waals surface area contributed by atoms with Crippen LogP contribution in [0.1, 0.15) is 58.8 Å². The van der Waals surface area contributed by atoms with Crippen LogP contribution >= 0.6 is 0 Å². The Balaban J connectivity index is 2.75. The molecule has 1 fully saturated rings. The molecule has 0 spiro atoms. The molecule has 2 nitrogen and oxygen atoms in total. The van der Waals surface area contributed by atoms with Gasteiger partial charge in [-0.05, 0) is 39.3 Å². The van der Waals surface area contributed by atoms with Gasteiger partial charge in [0.25, 0.3) is 0 Å². The Morgan fingerprint density at radius 1 is 1.19 bits per heavy atom. The van der Waals surface area contributed by atoms with Crippen molar-refractivity contribution in [2.24, 2.45) is 11.7 Å². The first-order chi connectivity index (χ1) is 7.54. The molecule has 16 heavy (non-hydrogen) atoms. The first kappa shape index (κ1) is 14.0. The maximum Gasteiger partial charge on any atom is 0.0356 e. The summed E-state index contributed by atoms with van der Waals surface area (Å²) in [5.74, 6) is 0.644. The van der Waals surface area contributed by atoms with E-state index < -0.39 is 0 Å². The fraction of sp³-hybridized carbons (Fsp3) is 1.00. The van der Waals surface area contributed by atoms with Crippen molar-refractivity contribution >= 4 is 0 Å². The van der Waals surface area contributed by atoms with E-state index in [2.05, 4.69) is 32.8 Å². The minimum absolute atomic E-state index is 0.271. The molecule has 1 rings (SSSR count). The van der Waals surface area contributed by atoms with Crippen LogP contribution in [-0.2, 0) is 0 Å². The van der Waals surface area contributed by atoms with Gasteiger partial charge in [0.2, 0.25) is 0 Å². The van der Waals surface area contributed by atoms with Gasteiger partial charge in [-0.15, -0.1) is 0 Å². The maximum atomic E-state index is 6.57. The Hall–Kier alpha value is -0.0800. The lowest BCUT2D eigenvalue weighted by Crippen LogP contribution is -2.60. The third-order valence-corrected chi connectivity index (χ3v) is 4.59. The molecule has 2 unspecified atom stereocenters. The number of nitrogens with zero attached hydrogens (tertiary/aromatic N) is 1.